The summed E-state index contributed by atoms with van der Waals surface area (Å²) in [5.74, 6) is -0.103. The van der Waals surface area contributed by atoms with Crippen LogP contribution in [0.15, 0.2) is 53.7 Å². The van der Waals surface area contributed by atoms with Crippen LogP contribution in [-0.4, -0.2) is 98.3 Å². The van der Waals surface area contributed by atoms with Crippen molar-refractivity contribution in [3.05, 3.63) is 81.1 Å². The maximum atomic E-state index is 14.4. The predicted molar refractivity (Wildman–Crippen MR) is 169 cm³/mol. The lowest BCUT2D eigenvalue weighted by molar-refractivity contribution is -0.147. The zero-order valence-corrected chi connectivity index (χ0v) is 27.6. The normalized spacial score (nSPS) is 22.6. The van der Waals surface area contributed by atoms with E-state index in [9.17, 15) is 9.59 Å². The molecule has 3 aliphatic rings. The fourth-order valence-corrected chi connectivity index (χ4v) is 7.02. The number of rotatable bonds is 4. The standard InChI is InChI=1S/C32H38BrClN6O4/c1-32(2,3)44-31(42)40-11-10-38(19-27(40)30(41)39-12-13-43-25(18-39)17-37-9-8-35-20-37)29-26-7-6-24(34)15-21(26)4-5-22-14-23(33)16-36-28(22)29/h6-9,14-16,20,25,27,29H,4-5,10-13,17-19H2,1-3H3/t25-,27+,29?/m0/s1. The van der Waals surface area contributed by atoms with Crippen LogP contribution < -0.4 is 0 Å². The first-order chi connectivity index (χ1) is 21.1. The number of morpholine rings is 1. The molecule has 3 atom stereocenters. The van der Waals surface area contributed by atoms with Gasteiger partial charge in [0.2, 0.25) is 5.91 Å². The molecule has 12 heteroatoms. The highest BCUT2D eigenvalue weighted by molar-refractivity contribution is 9.10. The second kappa shape index (κ2) is 12.8. The quantitative estimate of drug-likeness (QED) is 0.392. The largest absolute Gasteiger partial charge is 0.444 e. The number of nitrogens with zero attached hydrogens (tertiary/aromatic N) is 6. The minimum absolute atomic E-state index is 0.103. The van der Waals surface area contributed by atoms with Gasteiger partial charge in [-0.3, -0.25) is 19.6 Å². The smallest absolute Gasteiger partial charge is 0.411 e. The molecule has 0 saturated carbocycles. The number of halogens is 2. The number of carbonyl (C=O) groups excluding carboxylic acids is 2. The number of aromatic nitrogens is 3. The van der Waals surface area contributed by atoms with Gasteiger partial charge in [-0.05, 0) is 84.4 Å². The third-order valence-electron chi connectivity index (χ3n) is 8.40. The molecule has 234 valence electrons. The van der Waals surface area contributed by atoms with Crippen molar-refractivity contribution in [2.24, 2.45) is 0 Å². The molecule has 2 amide bonds. The van der Waals surface area contributed by atoms with Crippen LogP contribution in [0.2, 0.25) is 5.02 Å². The molecule has 6 rings (SSSR count). The van der Waals surface area contributed by atoms with Crippen LogP contribution in [-0.2, 0) is 33.7 Å². The first-order valence-corrected chi connectivity index (χ1v) is 16.3. The Balaban J connectivity index is 1.32. The number of hydrogen-bond donors (Lipinski definition) is 0. The van der Waals surface area contributed by atoms with Crippen LogP contribution >= 0.6 is 27.5 Å². The highest BCUT2D eigenvalue weighted by Gasteiger charge is 2.43. The van der Waals surface area contributed by atoms with Crippen molar-refractivity contribution in [2.75, 3.05) is 39.3 Å². The Bertz CT molecular complexity index is 1460. The summed E-state index contributed by atoms with van der Waals surface area (Å²) in [6.45, 7) is 8.68. The van der Waals surface area contributed by atoms with Gasteiger partial charge in [0, 0.05) is 60.8 Å². The fraction of sp³-hybridized carbons (Fsp3) is 0.500. The molecule has 44 heavy (non-hydrogen) atoms. The van der Waals surface area contributed by atoms with E-state index in [1.807, 2.05) is 54.8 Å². The Hall–Kier alpha value is -2.99. The summed E-state index contributed by atoms with van der Waals surface area (Å²) in [5, 5.41) is 0.697. The Morgan fingerprint density at radius 1 is 1.11 bits per heavy atom. The van der Waals surface area contributed by atoms with Crippen molar-refractivity contribution >= 4 is 39.5 Å². The Morgan fingerprint density at radius 2 is 1.93 bits per heavy atom. The van der Waals surface area contributed by atoms with Gasteiger partial charge < -0.3 is 18.9 Å². The average Bonchev–Trinajstić information content (AvgIpc) is 3.44. The number of piperazine rings is 1. The van der Waals surface area contributed by atoms with Gasteiger partial charge in [-0.2, -0.15) is 0 Å². The van der Waals surface area contributed by atoms with E-state index in [4.69, 9.17) is 26.1 Å². The molecule has 1 aliphatic carbocycles. The summed E-state index contributed by atoms with van der Waals surface area (Å²) in [5.41, 5.74) is 3.74. The maximum absolute atomic E-state index is 14.4. The number of pyridine rings is 1. The van der Waals surface area contributed by atoms with Crippen molar-refractivity contribution in [3.63, 3.8) is 0 Å². The monoisotopic (exact) mass is 684 g/mol. The van der Waals surface area contributed by atoms with Gasteiger partial charge in [-0.1, -0.05) is 17.7 Å². The molecule has 0 spiro atoms. The minimum Gasteiger partial charge on any atom is -0.444 e. The summed E-state index contributed by atoms with van der Waals surface area (Å²) in [6.07, 6.45) is 8.21. The molecule has 2 fully saturated rings. The molecule has 2 aliphatic heterocycles. The Morgan fingerprint density at radius 3 is 2.70 bits per heavy atom. The molecule has 0 radical (unpaired) electrons. The average molecular weight is 686 g/mol. The fourth-order valence-electron chi connectivity index (χ4n) is 6.44. The molecule has 2 saturated heterocycles. The van der Waals surface area contributed by atoms with E-state index in [1.165, 1.54) is 5.56 Å². The molecule has 3 aromatic rings. The van der Waals surface area contributed by atoms with E-state index in [0.29, 0.717) is 50.9 Å². The highest BCUT2D eigenvalue weighted by atomic mass is 79.9. The molecule has 1 aromatic carbocycles. The van der Waals surface area contributed by atoms with Gasteiger partial charge in [0.15, 0.2) is 0 Å². The van der Waals surface area contributed by atoms with Gasteiger partial charge in [-0.15, -0.1) is 0 Å². The number of fused-ring (bicyclic) bond motifs is 2. The number of carbonyl (C=O) groups is 2. The van der Waals surface area contributed by atoms with E-state index in [1.54, 1.807) is 17.4 Å². The van der Waals surface area contributed by atoms with Crippen molar-refractivity contribution in [2.45, 2.75) is 63.9 Å². The van der Waals surface area contributed by atoms with Crippen molar-refractivity contribution in [3.8, 4) is 0 Å². The van der Waals surface area contributed by atoms with E-state index in [-0.39, 0.29) is 18.1 Å². The van der Waals surface area contributed by atoms with Crippen molar-refractivity contribution in [1.82, 2.24) is 29.2 Å². The summed E-state index contributed by atoms with van der Waals surface area (Å²) in [7, 11) is 0. The molecular formula is C32H38BrClN6O4. The summed E-state index contributed by atoms with van der Waals surface area (Å²) >= 11 is 10.1. The molecule has 2 aromatic heterocycles. The van der Waals surface area contributed by atoms with Gasteiger partial charge >= 0.3 is 6.09 Å². The summed E-state index contributed by atoms with van der Waals surface area (Å²) < 4.78 is 14.7. The number of imidazole rings is 1. The lowest BCUT2D eigenvalue weighted by Crippen LogP contribution is -2.63. The second-order valence-electron chi connectivity index (χ2n) is 12.7. The number of hydrogen-bond acceptors (Lipinski definition) is 7. The molecular weight excluding hydrogens is 648 g/mol. The lowest BCUT2D eigenvalue weighted by Gasteiger charge is -2.46. The van der Waals surface area contributed by atoms with Crippen LogP contribution in [0.3, 0.4) is 0 Å². The van der Waals surface area contributed by atoms with Gasteiger partial charge in [0.05, 0.1) is 37.3 Å². The Labute approximate surface area is 271 Å². The third kappa shape index (κ3) is 6.80. The first-order valence-electron chi connectivity index (χ1n) is 15.1. The van der Waals surface area contributed by atoms with Crippen LogP contribution in [0.1, 0.15) is 49.2 Å². The highest BCUT2D eigenvalue weighted by Crippen LogP contribution is 2.39. The first kappa shape index (κ1) is 31.0. The zero-order chi connectivity index (χ0) is 31.0. The van der Waals surface area contributed by atoms with Crippen LogP contribution in [0, 0.1) is 0 Å². The lowest BCUT2D eigenvalue weighted by atomic mass is 9.95. The predicted octanol–water partition coefficient (Wildman–Crippen LogP) is 4.73. The van der Waals surface area contributed by atoms with E-state index in [0.717, 1.165) is 34.1 Å². The molecule has 1 unspecified atom stereocenters. The third-order valence-corrected chi connectivity index (χ3v) is 9.07. The van der Waals surface area contributed by atoms with Crippen LogP contribution in [0.5, 0.6) is 0 Å². The molecule has 0 bridgehead atoms. The summed E-state index contributed by atoms with van der Waals surface area (Å²) in [6, 6.07) is 7.26. The number of ether oxygens (including phenoxy) is 2. The van der Waals surface area contributed by atoms with Gasteiger partial charge in [-0.25, -0.2) is 9.78 Å². The van der Waals surface area contributed by atoms with Crippen molar-refractivity contribution < 1.29 is 19.1 Å². The van der Waals surface area contributed by atoms with E-state index >= 15 is 0 Å². The topological polar surface area (TPSA) is 93.0 Å². The SMILES string of the molecule is CC(C)(C)OC(=O)N1CCN(C2c3ccc(Cl)cc3CCc3cc(Br)cnc32)C[C@@H]1C(=O)N1CCO[C@@H](Cn2ccnc2)C1. The number of amides is 2. The second-order valence-corrected chi connectivity index (χ2v) is 14.0. The molecule has 0 N–H and O–H groups in total. The van der Waals surface area contributed by atoms with Gasteiger partial charge in [0.1, 0.15) is 11.6 Å². The molecule has 4 heterocycles. The van der Waals surface area contributed by atoms with E-state index < -0.39 is 17.7 Å². The number of benzene rings is 1. The number of aryl methyl sites for hydroxylation is 2. The van der Waals surface area contributed by atoms with Crippen molar-refractivity contribution in [1.29, 1.82) is 0 Å². The molecule has 10 nitrogen and oxygen atoms in total. The van der Waals surface area contributed by atoms with E-state index in [2.05, 4.69) is 37.9 Å². The Kier molecular flexibility index (Phi) is 9.01. The van der Waals surface area contributed by atoms with Crippen LogP contribution in [0.4, 0.5) is 4.79 Å². The zero-order valence-electron chi connectivity index (χ0n) is 25.3. The maximum Gasteiger partial charge on any atom is 0.411 e. The van der Waals surface area contributed by atoms with Gasteiger partial charge in [0.25, 0.3) is 0 Å². The minimum atomic E-state index is -0.733. The van der Waals surface area contributed by atoms with Crippen LogP contribution in [0.25, 0.3) is 0 Å². The summed E-state index contributed by atoms with van der Waals surface area (Å²) in [4.78, 5) is 42.7.